The number of hydrogen-bond acceptors (Lipinski definition) is 5. The van der Waals surface area contributed by atoms with Gasteiger partial charge in [-0.1, -0.05) is 97.6 Å². The molecule has 0 fully saturated rings. The summed E-state index contributed by atoms with van der Waals surface area (Å²) in [6, 6.07) is 34.4. The van der Waals surface area contributed by atoms with Gasteiger partial charge in [-0.2, -0.15) is 0 Å². The second-order valence-electron chi connectivity index (χ2n) is 10.0. The van der Waals surface area contributed by atoms with Crippen LogP contribution in [0.1, 0.15) is 12.5 Å². The third kappa shape index (κ3) is 4.57. The van der Waals surface area contributed by atoms with Gasteiger partial charge in [-0.25, -0.2) is 15.0 Å². The first-order valence-electron chi connectivity index (χ1n) is 13.8. The van der Waals surface area contributed by atoms with Crippen LogP contribution in [-0.2, 0) is 0 Å². The quantitative estimate of drug-likeness (QED) is 0.196. The average molecular weight is 543 g/mol. The summed E-state index contributed by atoms with van der Waals surface area (Å²) in [4.78, 5) is 19.3. The Morgan fingerprint density at radius 2 is 1.36 bits per heavy atom. The molecule has 0 aliphatic rings. The zero-order valence-corrected chi connectivity index (χ0v) is 23.0. The maximum atomic E-state index is 6.59. The normalized spacial score (nSPS) is 11.7. The van der Waals surface area contributed by atoms with Gasteiger partial charge in [0.1, 0.15) is 11.2 Å². The molecule has 0 aliphatic heterocycles. The molecule has 0 amide bonds. The molecule has 0 spiro atoms. The summed E-state index contributed by atoms with van der Waals surface area (Å²) in [7, 11) is 0. The topological polar surface area (TPSA) is 64.7 Å². The molecule has 0 atom stereocenters. The van der Waals surface area contributed by atoms with Crippen LogP contribution in [0.3, 0.4) is 0 Å². The van der Waals surface area contributed by atoms with Gasteiger partial charge in [0.05, 0.1) is 0 Å². The van der Waals surface area contributed by atoms with E-state index in [1.54, 1.807) is 6.20 Å². The van der Waals surface area contributed by atoms with E-state index in [0.29, 0.717) is 17.5 Å². The second-order valence-corrected chi connectivity index (χ2v) is 10.0. The Morgan fingerprint density at radius 1 is 0.690 bits per heavy atom. The monoisotopic (exact) mass is 542 g/mol. The van der Waals surface area contributed by atoms with Gasteiger partial charge in [-0.05, 0) is 42.3 Å². The maximum absolute atomic E-state index is 6.59. The van der Waals surface area contributed by atoms with Gasteiger partial charge >= 0.3 is 0 Å². The molecular weight excluding hydrogens is 516 g/mol. The molecule has 0 bridgehead atoms. The van der Waals surface area contributed by atoms with E-state index in [-0.39, 0.29) is 0 Å². The van der Waals surface area contributed by atoms with Gasteiger partial charge in [0.25, 0.3) is 0 Å². The smallest absolute Gasteiger partial charge is 0.164 e. The lowest BCUT2D eigenvalue weighted by atomic mass is 9.95. The first-order chi connectivity index (χ1) is 20.7. The van der Waals surface area contributed by atoms with Gasteiger partial charge < -0.3 is 4.42 Å². The highest BCUT2D eigenvalue weighted by atomic mass is 16.3. The second kappa shape index (κ2) is 10.7. The van der Waals surface area contributed by atoms with E-state index in [0.717, 1.165) is 60.9 Å². The highest BCUT2D eigenvalue weighted by Gasteiger charge is 2.20. The predicted octanol–water partition coefficient (Wildman–Crippen LogP) is 9.42. The molecule has 0 unspecified atom stereocenters. The Balaban J connectivity index is 1.54. The molecule has 3 aromatic heterocycles. The first-order valence-corrected chi connectivity index (χ1v) is 13.8. The van der Waals surface area contributed by atoms with Crippen molar-refractivity contribution in [3.8, 4) is 45.3 Å². The molecule has 0 radical (unpaired) electrons. The number of benzene rings is 4. The summed E-state index contributed by atoms with van der Waals surface area (Å²) in [5, 5.41) is 1.94. The van der Waals surface area contributed by atoms with Crippen molar-refractivity contribution < 1.29 is 4.42 Å². The summed E-state index contributed by atoms with van der Waals surface area (Å²) in [6.45, 7) is 5.99. The Hall–Kier alpha value is -5.68. The molecule has 0 saturated heterocycles. The van der Waals surface area contributed by atoms with E-state index in [2.05, 4.69) is 42.8 Å². The molecular formula is C37H26N4O. The molecule has 5 nitrogen and oxygen atoms in total. The van der Waals surface area contributed by atoms with Crippen molar-refractivity contribution in [3.05, 3.63) is 140 Å². The molecule has 42 heavy (non-hydrogen) atoms. The Kier molecular flexibility index (Phi) is 6.45. The minimum Gasteiger partial charge on any atom is -0.455 e. The summed E-state index contributed by atoms with van der Waals surface area (Å²) in [5.41, 5.74) is 8.41. The highest BCUT2D eigenvalue weighted by Crippen LogP contribution is 2.42. The molecule has 0 aliphatic carbocycles. The van der Waals surface area contributed by atoms with Crippen molar-refractivity contribution in [2.45, 2.75) is 6.92 Å². The summed E-state index contributed by atoms with van der Waals surface area (Å²) in [5.74, 6) is 1.82. The number of furan rings is 1. The lowest BCUT2D eigenvalue weighted by Crippen LogP contribution is -2.00. The molecule has 4 aromatic carbocycles. The van der Waals surface area contributed by atoms with Crippen LogP contribution in [0, 0.1) is 0 Å². The van der Waals surface area contributed by atoms with Crippen molar-refractivity contribution in [3.63, 3.8) is 0 Å². The fraction of sp³-hybridized carbons (Fsp3) is 0.0270. The maximum Gasteiger partial charge on any atom is 0.164 e. The lowest BCUT2D eigenvalue weighted by Gasteiger charge is -2.10. The number of fused-ring (bicyclic) bond motifs is 3. The fourth-order valence-electron chi connectivity index (χ4n) is 5.28. The number of pyridine rings is 1. The average Bonchev–Trinajstić information content (AvgIpc) is 3.44. The molecule has 0 N–H and O–H groups in total. The number of nitrogens with zero attached hydrogens (tertiary/aromatic N) is 4. The third-order valence-electron chi connectivity index (χ3n) is 7.33. The third-order valence-corrected chi connectivity index (χ3v) is 7.33. The van der Waals surface area contributed by atoms with Gasteiger partial charge in [0, 0.05) is 51.0 Å². The van der Waals surface area contributed by atoms with Crippen LogP contribution < -0.4 is 0 Å². The summed E-state index contributed by atoms with van der Waals surface area (Å²) in [6.07, 6.45) is 7.47. The van der Waals surface area contributed by atoms with E-state index in [1.807, 2.05) is 97.2 Å². The van der Waals surface area contributed by atoms with E-state index in [9.17, 15) is 0 Å². The van der Waals surface area contributed by atoms with Crippen molar-refractivity contribution in [2.75, 3.05) is 0 Å². The van der Waals surface area contributed by atoms with Gasteiger partial charge in [0.15, 0.2) is 17.5 Å². The van der Waals surface area contributed by atoms with Crippen LogP contribution in [0.4, 0.5) is 0 Å². The van der Waals surface area contributed by atoms with Crippen LogP contribution in [0.15, 0.2) is 139 Å². The van der Waals surface area contributed by atoms with Gasteiger partial charge in [-0.3, -0.25) is 4.98 Å². The number of rotatable bonds is 6. The largest absolute Gasteiger partial charge is 0.455 e. The highest BCUT2D eigenvalue weighted by molar-refractivity contribution is 6.15. The fourth-order valence-corrected chi connectivity index (χ4v) is 5.28. The zero-order chi connectivity index (χ0) is 28.5. The lowest BCUT2D eigenvalue weighted by molar-refractivity contribution is 0.670. The number of aromatic nitrogens is 4. The van der Waals surface area contributed by atoms with Crippen LogP contribution >= 0.6 is 0 Å². The van der Waals surface area contributed by atoms with E-state index >= 15 is 0 Å². The molecule has 7 aromatic rings. The molecule has 3 heterocycles. The van der Waals surface area contributed by atoms with Crippen LogP contribution in [0.5, 0.6) is 0 Å². The molecule has 5 heteroatoms. The predicted molar refractivity (Wildman–Crippen MR) is 170 cm³/mol. The van der Waals surface area contributed by atoms with Gasteiger partial charge in [-0.15, -0.1) is 0 Å². The summed E-state index contributed by atoms with van der Waals surface area (Å²) < 4.78 is 6.59. The van der Waals surface area contributed by atoms with E-state index in [4.69, 9.17) is 19.4 Å². The minimum absolute atomic E-state index is 0.586. The standard InChI is InChI=1S/C37H26N4O/c1-3-12-24(2)28-21-30(27-17-11-20-38-23-27)34-31(22-28)33-29(18-10-19-32(33)42-34)37-40-35(25-13-6-4-7-14-25)39-36(41-37)26-15-8-5-9-16-26/h3-23H,1H2,2H3/b24-12+. The zero-order valence-electron chi connectivity index (χ0n) is 23.0. The minimum atomic E-state index is 0.586. The van der Waals surface area contributed by atoms with E-state index in [1.165, 1.54) is 0 Å². The first kappa shape index (κ1) is 25.3. The SMILES string of the molecule is C=C/C=C(\C)c1cc(-c2cccnc2)c2oc3cccc(-c4nc(-c5ccccc5)nc(-c5ccccc5)n4)c3c2c1. The van der Waals surface area contributed by atoms with Crippen LogP contribution in [-0.4, -0.2) is 19.9 Å². The Labute approximate surface area is 243 Å². The van der Waals surface area contributed by atoms with Crippen LogP contribution in [0.2, 0.25) is 0 Å². The number of hydrogen-bond donors (Lipinski definition) is 0. The van der Waals surface area contributed by atoms with Crippen molar-refractivity contribution in [1.29, 1.82) is 0 Å². The Morgan fingerprint density at radius 3 is 2.00 bits per heavy atom. The van der Waals surface area contributed by atoms with Crippen molar-refractivity contribution in [2.24, 2.45) is 0 Å². The number of allylic oxidation sites excluding steroid dienone is 3. The molecule has 200 valence electrons. The molecule has 7 rings (SSSR count). The van der Waals surface area contributed by atoms with Gasteiger partial charge in [0.2, 0.25) is 0 Å². The summed E-state index contributed by atoms with van der Waals surface area (Å²) >= 11 is 0. The van der Waals surface area contributed by atoms with E-state index < -0.39 is 0 Å². The Bertz CT molecular complexity index is 2040. The van der Waals surface area contributed by atoms with Crippen LogP contribution in [0.25, 0.3) is 72.8 Å². The van der Waals surface area contributed by atoms with Crippen molar-refractivity contribution >= 4 is 27.5 Å². The van der Waals surface area contributed by atoms with Crippen molar-refractivity contribution in [1.82, 2.24) is 19.9 Å². The molecule has 0 saturated carbocycles.